The van der Waals surface area contributed by atoms with Gasteiger partial charge in [0.2, 0.25) is 0 Å². The Kier molecular flexibility index (Phi) is 6.20. The van der Waals surface area contributed by atoms with Crippen LogP contribution in [0.3, 0.4) is 0 Å². The molecule has 1 aromatic rings. The van der Waals surface area contributed by atoms with Crippen LogP contribution in [0.2, 0.25) is 5.02 Å². The SMILES string of the molecule is CC(C)(C)OC(=O)N1CCCC(CNc2ccc(Br)cc2Cl)C1. The van der Waals surface area contributed by atoms with Gasteiger partial charge in [-0.2, -0.15) is 0 Å². The van der Waals surface area contributed by atoms with Crippen molar-refractivity contribution in [1.29, 1.82) is 0 Å². The van der Waals surface area contributed by atoms with Crippen LogP contribution in [0.25, 0.3) is 0 Å². The molecule has 1 fully saturated rings. The minimum atomic E-state index is -0.451. The van der Waals surface area contributed by atoms with Crippen LogP contribution in [-0.4, -0.2) is 36.2 Å². The lowest BCUT2D eigenvalue weighted by molar-refractivity contribution is 0.0172. The average molecular weight is 404 g/mol. The highest BCUT2D eigenvalue weighted by Gasteiger charge is 2.27. The summed E-state index contributed by atoms with van der Waals surface area (Å²) in [6, 6.07) is 5.79. The number of halogens is 2. The van der Waals surface area contributed by atoms with E-state index in [0.717, 1.165) is 42.6 Å². The molecule has 1 atom stereocenters. The normalized spacial score (nSPS) is 18.7. The van der Waals surface area contributed by atoms with Gasteiger partial charge in [0, 0.05) is 24.1 Å². The third kappa shape index (κ3) is 5.88. The summed E-state index contributed by atoms with van der Waals surface area (Å²) in [6.07, 6.45) is 1.88. The van der Waals surface area contributed by atoms with E-state index < -0.39 is 5.60 Å². The highest BCUT2D eigenvalue weighted by Crippen LogP contribution is 2.27. The number of amides is 1. The van der Waals surface area contributed by atoms with E-state index in [-0.39, 0.29) is 6.09 Å². The predicted molar refractivity (Wildman–Crippen MR) is 98.2 cm³/mol. The molecule has 1 unspecified atom stereocenters. The van der Waals surface area contributed by atoms with Crippen molar-refractivity contribution in [2.24, 2.45) is 5.92 Å². The molecule has 1 amide bonds. The zero-order chi connectivity index (χ0) is 17.0. The standard InChI is InChI=1S/C17H24BrClN2O2/c1-17(2,3)23-16(22)21-8-4-5-12(11-21)10-20-15-7-6-13(18)9-14(15)19/h6-7,9,12,20H,4-5,8,10-11H2,1-3H3. The van der Waals surface area contributed by atoms with Gasteiger partial charge in [-0.05, 0) is 57.7 Å². The van der Waals surface area contributed by atoms with E-state index in [1.165, 1.54) is 0 Å². The second-order valence-corrected chi connectivity index (χ2v) is 8.26. The molecule has 2 rings (SSSR count). The number of anilines is 1. The third-order valence-electron chi connectivity index (χ3n) is 3.68. The number of ether oxygens (including phenoxy) is 1. The van der Waals surface area contributed by atoms with Gasteiger partial charge in [0.1, 0.15) is 5.60 Å². The lowest BCUT2D eigenvalue weighted by Crippen LogP contribution is -2.44. The first-order valence-electron chi connectivity index (χ1n) is 7.91. The second-order valence-electron chi connectivity index (χ2n) is 6.94. The summed E-state index contributed by atoms with van der Waals surface area (Å²) in [5, 5.41) is 4.08. The van der Waals surface area contributed by atoms with Crippen LogP contribution < -0.4 is 5.32 Å². The van der Waals surface area contributed by atoms with Gasteiger partial charge in [0.05, 0.1) is 10.7 Å². The van der Waals surface area contributed by atoms with E-state index in [0.29, 0.717) is 10.9 Å². The zero-order valence-electron chi connectivity index (χ0n) is 13.9. The minimum Gasteiger partial charge on any atom is -0.444 e. The van der Waals surface area contributed by atoms with Crippen LogP contribution in [0.5, 0.6) is 0 Å². The van der Waals surface area contributed by atoms with Gasteiger partial charge in [0.15, 0.2) is 0 Å². The average Bonchev–Trinajstić information content (AvgIpc) is 2.45. The Balaban J connectivity index is 1.87. The van der Waals surface area contributed by atoms with Crippen LogP contribution in [0, 0.1) is 5.92 Å². The van der Waals surface area contributed by atoms with Gasteiger partial charge in [0.25, 0.3) is 0 Å². The van der Waals surface area contributed by atoms with Crippen LogP contribution >= 0.6 is 27.5 Å². The Morgan fingerprint density at radius 1 is 1.48 bits per heavy atom. The monoisotopic (exact) mass is 402 g/mol. The number of likely N-dealkylation sites (tertiary alicyclic amines) is 1. The lowest BCUT2D eigenvalue weighted by Gasteiger charge is -2.34. The molecule has 6 heteroatoms. The molecular weight excluding hydrogens is 380 g/mol. The molecule has 1 saturated heterocycles. The lowest BCUT2D eigenvalue weighted by atomic mass is 9.98. The first kappa shape index (κ1) is 18.4. The van der Waals surface area contributed by atoms with Crippen molar-refractivity contribution in [3.8, 4) is 0 Å². The molecule has 23 heavy (non-hydrogen) atoms. The maximum absolute atomic E-state index is 12.2. The summed E-state index contributed by atoms with van der Waals surface area (Å²) >= 11 is 9.62. The van der Waals surface area contributed by atoms with E-state index in [1.807, 2.05) is 43.9 Å². The van der Waals surface area contributed by atoms with E-state index in [2.05, 4.69) is 21.2 Å². The highest BCUT2D eigenvalue weighted by molar-refractivity contribution is 9.10. The van der Waals surface area contributed by atoms with Crippen molar-refractivity contribution in [2.45, 2.75) is 39.2 Å². The van der Waals surface area contributed by atoms with Crippen molar-refractivity contribution in [1.82, 2.24) is 4.90 Å². The molecule has 4 nitrogen and oxygen atoms in total. The van der Waals surface area contributed by atoms with Gasteiger partial charge in [-0.15, -0.1) is 0 Å². The molecular formula is C17H24BrClN2O2. The molecule has 0 aliphatic carbocycles. The fourth-order valence-corrected chi connectivity index (χ4v) is 3.35. The Morgan fingerprint density at radius 2 is 2.22 bits per heavy atom. The number of hydrogen-bond donors (Lipinski definition) is 1. The van der Waals surface area contributed by atoms with Gasteiger partial charge in [-0.1, -0.05) is 27.5 Å². The second kappa shape index (κ2) is 7.75. The highest BCUT2D eigenvalue weighted by atomic mass is 79.9. The smallest absolute Gasteiger partial charge is 0.410 e. The summed E-state index contributed by atoms with van der Waals surface area (Å²) in [7, 11) is 0. The molecule has 0 radical (unpaired) electrons. The number of rotatable bonds is 3. The number of carbonyl (C=O) groups excluding carboxylic acids is 1. The van der Waals surface area contributed by atoms with E-state index in [4.69, 9.17) is 16.3 Å². The number of hydrogen-bond acceptors (Lipinski definition) is 3. The number of nitrogens with zero attached hydrogens (tertiary/aromatic N) is 1. The largest absolute Gasteiger partial charge is 0.444 e. The molecule has 1 aliphatic rings. The van der Waals surface area contributed by atoms with Crippen molar-refractivity contribution in [2.75, 3.05) is 25.0 Å². The Bertz CT molecular complexity index is 560. The maximum Gasteiger partial charge on any atom is 0.410 e. The molecule has 1 N–H and O–H groups in total. The van der Waals surface area contributed by atoms with Crippen LogP contribution in [0.15, 0.2) is 22.7 Å². The zero-order valence-corrected chi connectivity index (χ0v) is 16.2. The number of carbonyl (C=O) groups is 1. The molecule has 128 valence electrons. The molecule has 1 aliphatic heterocycles. The number of nitrogens with one attached hydrogen (secondary N) is 1. The summed E-state index contributed by atoms with van der Waals surface area (Å²) in [5.74, 6) is 0.399. The van der Waals surface area contributed by atoms with E-state index in [1.54, 1.807) is 0 Å². The first-order valence-corrected chi connectivity index (χ1v) is 9.08. The molecule has 0 saturated carbocycles. The Hall–Kier alpha value is -0.940. The van der Waals surface area contributed by atoms with Gasteiger partial charge < -0.3 is 15.0 Å². The molecule has 0 spiro atoms. The number of piperidine rings is 1. The molecule has 1 heterocycles. The molecule has 1 aromatic carbocycles. The summed E-state index contributed by atoms with van der Waals surface area (Å²) in [6.45, 7) is 7.96. The van der Waals surface area contributed by atoms with E-state index in [9.17, 15) is 4.79 Å². The van der Waals surface area contributed by atoms with Crippen molar-refractivity contribution < 1.29 is 9.53 Å². The van der Waals surface area contributed by atoms with Crippen molar-refractivity contribution in [3.63, 3.8) is 0 Å². The molecule has 0 aromatic heterocycles. The summed E-state index contributed by atoms with van der Waals surface area (Å²) < 4.78 is 6.42. The third-order valence-corrected chi connectivity index (χ3v) is 4.49. The predicted octanol–water partition coefficient (Wildman–Crippen LogP) is 5.16. The first-order chi connectivity index (χ1) is 10.7. The van der Waals surface area contributed by atoms with Crippen molar-refractivity contribution in [3.05, 3.63) is 27.7 Å². The minimum absolute atomic E-state index is 0.219. The van der Waals surface area contributed by atoms with Crippen LogP contribution in [0.1, 0.15) is 33.6 Å². The maximum atomic E-state index is 12.2. The quantitative estimate of drug-likeness (QED) is 0.757. The Morgan fingerprint density at radius 3 is 2.87 bits per heavy atom. The Labute approximate surface area is 151 Å². The van der Waals surface area contributed by atoms with Gasteiger partial charge in [-0.3, -0.25) is 0 Å². The van der Waals surface area contributed by atoms with Crippen LogP contribution in [-0.2, 0) is 4.74 Å². The number of benzene rings is 1. The fraction of sp³-hybridized carbons (Fsp3) is 0.588. The summed E-state index contributed by atoms with van der Waals surface area (Å²) in [5.41, 5.74) is 0.469. The fourth-order valence-electron chi connectivity index (χ4n) is 2.61. The topological polar surface area (TPSA) is 41.6 Å². The summed E-state index contributed by atoms with van der Waals surface area (Å²) in [4.78, 5) is 14.0. The van der Waals surface area contributed by atoms with Crippen molar-refractivity contribution >= 4 is 39.3 Å². The van der Waals surface area contributed by atoms with Crippen LogP contribution in [0.4, 0.5) is 10.5 Å². The van der Waals surface area contributed by atoms with E-state index >= 15 is 0 Å². The van der Waals surface area contributed by atoms with Gasteiger partial charge >= 0.3 is 6.09 Å². The molecule has 0 bridgehead atoms. The van der Waals surface area contributed by atoms with Gasteiger partial charge in [-0.25, -0.2) is 4.79 Å².